The Bertz CT molecular complexity index is 731. The first-order chi connectivity index (χ1) is 13.5. The van der Waals surface area contributed by atoms with Crippen molar-refractivity contribution in [3.63, 3.8) is 0 Å². The van der Waals surface area contributed by atoms with Crippen LogP contribution in [0.3, 0.4) is 0 Å². The minimum Gasteiger partial charge on any atom is -0.479 e. The predicted octanol–water partition coefficient (Wildman–Crippen LogP) is 2.76. The van der Waals surface area contributed by atoms with Crippen LogP contribution in [0.2, 0.25) is 0 Å². The van der Waals surface area contributed by atoms with Gasteiger partial charge in [-0.3, -0.25) is 9.59 Å². The summed E-state index contributed by atoms with van der Waals surface area (Å²) in [4.78, 5) is 35.6. The van der Waals surface area contributed by atoms with Gasteiger partial charge >= 0.3 is 6.03 Å². The van der Waals surface area contributed by atoms with Gasteiger partial charge < -0.3 is 26.0 Å². The van der Waals surface area contributed by atoms with Crippen LogP contribution in [-0.4, -0.2) is 36.5 Å². The van der Waals surface area contributed by atoms with E-state index in [1.165, 1.54) is 19.3 Å². The van der Waals surface area contributed by atoms with Crippen LogP contribution < -0.4 is 26.0 Å². The smallest absolute Gasteiger partial charge is 0.315 e. The molecular weight excluding hydrogens is 360 g/mol. The molecule has 8 heteroatoms. The number of ether oxygens (including phenoxy) is 1. The van der Waals surface area contributed by atoms with Crippen molar-refractivity contribution in [2.75, 3.05) is 17.2 Å². The zero-order valence-electron chi connectivity index (χ0n) is 16.2. The van der Waals surface area contributed by atoms with E-state index in [0.717, 1.165) is 12.8 Å². The zero-order chi connectivity index (χ0) is 19.9. The van der Waals surface area contributed by atoms with E-state index < -0.39 is 6.10 Å². The van der Waals surface area contributed by atoms with Crippen LogP contribution in [0, 0.1) is 0 Å². The third-order valence-corrected chi connectivity index (χ3v) is 5.00. The molecule has 0 radical (unpaired) electrons. The number of urea groups is 1. The second-order valence-corrected chi connectivity index (χ2v) is 7.35. The van der Waals surface area contributed by atoms with Crippen LogP contribution in [-0.2, 0) is 9.59 Å². The molecule has 3 rings (SSSR count). The molecule has 8 nitrogen and oxygen atoms in total. The highest BCUT2D eigenvalue weighted by Crippen LogP contribution is 2.32. The van der Waals surface area contributed by atoms with E-state index in [9.17, 15) is 14.4 Å². The first-order valence-corrected chi connectivity index (χ1v) is 9.97. The number of carbonyl (C=O) groups excluding carboxylic acids is 3. The highest BCUT2D eigenvalue weighted by atomic mass is 16.5. The summed E-state index contributed by atoms with van der Waals surface area (Å²) >= 11 is 0. The third-order valence-electron chi connectivity index (χ3n) is 5.00. The molecule has 1 aliphatic carbocycles. The molecule has 0 saturated heterocycles. The maximum Gasteiger partial charge on any atom is 0.315 e. The number of hydrogen-bond donors (Lipinski definition) is 4. The number of hydrogen-bond acceptors (Lipinski definition) is 4. The van der Waals surface area contributed by atoms with Gasteiger partial charge in [-0.25, -0.2) is 4.79 Å². The van der Waals surface area contributed by atoms with Crippen molar-refractivity contribution < 1.29 is 19.1 Å². The molecule has 1 heterocycles. The van der Waals surface area contributed by atoms with Crippen LogP contribution in [0.25, 0.3) is 0 Å². The van der Waals surface area contributed by atoms with Crippen molar-refractivity contribution in [2.45, 2.75) is 64.0 Å². The van der Waals surface area contributed by atoms with Gasteiger partial charge in [-0.15, -0.1) is 0 Å². The van der Waals surface area contributed by atoms with Gasteiger partial charge in [0.2, 0.25) is 5.91 Å². The summed E-state index contributed by atoms with van der Waals surface area (Å²) in [5, 5.41) is 11.3. The Morgan fingerprint density at radius 1 is 1.21 bits per heavy atom. The number of benzene rings is 1. The van der Waals surface area contributed by atoms with E-state index in [1.807, 2.05) is 0 Å². The van der Waals surface area contributed by atoms with Gasteiger partial charge in [-0.05, 0) is 44.4 Å². The largest absolute Gasteiger partial charge is 0.479 e. The zero-order valence-corrected chi connectivity index (χ0v) is 16.2. The Kier molecular flexibility index (Phi) is 6.73. The quantitative estimate of drug-likeness (QED) is 0.562. The number of fused-ring (bicyclic) bond motifs is 1. The van der Waals surface area contributed by atoms with Crippen LogP contribution >= 0.6 is 0 Å². The lowest BCUT2D eigenvalue weighted by Crippen LogP contribution is -2.43. The molecule has 1 aliphatic heterocycles. The van der Waals surface area contributed by atoms with E-state index in [4.69, 9.17) is 4.74 Å². The SMILES string of the molecule is CC1Oc2ccc(NC(=O)CCCNC(=O)NC3CCCCC3)cc2NC1=O. The van der Waals surface area contributed by atoms with Crippen molar-refractivity contribution in [1.82, 2.24) is 10.6 Å². The Hall–Kier alpha value is -2.77. The van der Waals surface area contributed by atoms with E-state index in [0.29, 0.717) is 36.5 Å². The summed E-state index contributed by atoms with van der Waals surface area (Å²) in [6.07, 6.45) is 5.98. The molecular formula is C20H28N4O4. The van der Waals surface area contributed by atoms with Gasteiger partial charge in [0, 0.05) is 24.7 Å². The lowest BCUT2D eigenvalue weighted by Gasteiger charge is -2.23. The molecule has 152 valence electrons. The summed E-state index contributed by atoms with van der Waals surface area (Å²) in [6, 6.07) is 5.24. The minimum atomic E-state index is -0.532. The standard InChI is InChI=1S/C20H28N4O4/c1-13-19(26)24-16-12-15(9-10-17(16)28-13)22-18(25)8-5-11-21-20(27)23-14-6-3-2-4-7-14/h9-10,12-14H,2-8,11H2,1H3,(H,22,25)(H,24,26)(H2,21,23,27). The van der Waals surface area contributed by atoms with Gasteiger partial charge in [0.05, 0.1) is 5.69 Å². The number of anilines is 2. The Morgan fingerprint density at radius 2 is 2.00 bits per heavy atom. The van der Waals surface area contributed by atoms with E-state index in [-0.39, 0.29) is 23.9 Å². The predicted molar refractivity (Wildman–Crippen MR) is 106 cm³/mol. The van der Waals surface area contributed by atoms with Crippen molar-refractivity contribution in [3.8, 4) is 5.75 Å². The van der Waals surface area contributed by atoms with Crippen molar-refractivity contribution >= 4 is 29.2 Å². The number of rotatable bonds is 6. The second-order valence-electron chi connectivity index (χ2n) is 7.35. The summed E-state index contributed by atoms with van der Waals surface area (Å²) in [7, 11) is 0. The van der Waals surface area contributed by atoms with Gasteiger partial charge in [-0.2, -0.15) is 0 Å². The van der Waals surface area contributed by atoms with Crippen LogP contribution in [0.15, 0.2) is 18.2 Å². The number of amides is 4. The molecule has 0 spiro atoms. The molecule has 1 fully saturated rings. The molecule has 4 amide bonds. The maximum atomic E-state index is 12.1. The van der Waals surface area contributed by atoms with Crippen molar-refractivity contribution in [2.24, 2.45) is 0 Å². The number of nitrogens with one attached hydrogen (secondary N) is 4. The molecule has 28 heavy (non-hydrogen) atoms. The van der Waals surface area contributed by atoms with Gasteiger partial charge in [0.25, 0.3) is 5.91 Å². The fourth-order valence-corrected chi connectivity index (χ4v) is 3.44. The summed E-state index contributed by atoms with van der Waals surface area (Å²) in [5.74, 6) is 0.220. The molecule has 0 aromatic heterocycles. The monoisotopic (exact) mass is 388 g/mol. The summed E-state index contributed by atoms with van der Waals surface area (Å²) < 4.78 is 5.49. The van der Waals surface area contributed by atoms with Gasteiger partial charge in [0.1, 0.15) is 5.75 Å². The van der Waals surface area contributed by atoms with Crippen LogP contribution in [0.5, 0.6) is 5.75 Å². The summed E-state index contributed by atoms with van der Waals surface area (Å²) in [6.45, 7) is 2.12. The first-order valence-electron chi connectivity index (χ1n) is 9.97. The average molecular weight is 388 g/mol. The average Bonchev–Trinajstić information content (AvgIpc) is 2.67. The second kappa shape index (κ2) is 9.43. The number of carbonyl (C=O) groups is 3. The highest BCUT2D eigenvalue weighted by Gasteiger charge is 2.23. The van der Waals surface area contributed by atoms with E-state index in [1.54, 1.807) is 25.1 Å². The highest BCUT2D eigenvalue weighted by molar-refractivity contribution is 5.99. The topological polar surface area (TPSA) is 109 Å². The Labute approximate surface area is 164 Å². The molecule has 2 aliphatic rings. The molecule has 1 atom stereocenters. The third kappa shape index (κ3) is 5.61. The summed E-state index contributed by atoms with van der Waals surface area (Å²) in [5.41, 5.74) is 1.13. The lowest BCUT2D eigenvalue weighted by molar-refractivity contribution is -0.122. The fraction of sp³-hybridized carbons (Fsp3) is 0.550. The van der Waals surface area contributed by atoms with E-state index in [2.05, 4.69) is 21.3 Å². The van der Waals surface area contributed by atoms with E-state index >= 15 is 0 Å². The Morgan fingerprint density at radius 3 is 2.79 bits per heavy atom. The van der Waals surface area contributed by atoms with Crippen molar-refractivity contribution in [3.05, 3.63) is 18.2 Å². The molecule has 1 saturated carbocycles. The van der Waals surface area contributed by atoms with Gasteiger partial charge in [-0.1, -0.05) is 19.3 Å². The molecule has 1 aromatic carbocycles. The molecule has 1 unspecified atom stereocenters. The van der Waals surface area contributed by atoms with Gasteiger partial charge in [0.15, 0.2) is 6.10 Å². The molecule has 4 N–H and O–H groups in total. The lowest BCUT2D eigenvalue weighted by atomic mass is 9.96. The molecule has 0 bridgehead atoms. The maximum absolute atomic E-state index is 12.1. The minimum absolute atomic E-state index is 0.147. The fourth-order valence-electron chi connectivity index (χ4n) is 3.44. The van der Waals surface area contributed by atoms with Crippen molar-refractivity contribution in [1.29, 1.82) is 0 Å². The van der Waals surface area contributed by atoms with Crippen LogP contribution in [0.1, 0.15) is 51.9 Å². The first kappa shape index (κ1) is 20.0. The molecule has 1 aromatic rings. The van der Waals surface area contributed by atoms with Crippen LogP contribution in [0.4, 0.5) is 16.2 Å². The normalized spacial score (nSPS) is 19.0. The Balaban J connectivity index is 1.36.